The summed E-state index contributed by atoms with van der Waals surface area (Å²) in [6.45, 7) is 0. The van der Waals surface area contributed by atoms with Crippen molar-refractivity contribution in [3.8, 4) is 0 Å². The first-order valence-electron chi connectivity index (χ1n) is 8.18. The molecule has 138 valence electrons. The molecule has 0 unspecified atom stereocenters. The zero-order valence-corrected chi connectivity index (χ0v) is 15.3. The van der Waals surface area contributed by atoms with Gasteiger partial charge in [-0.2, -0.15) is 13.2 Å². The van der Waals surface area contributed by atoms with Gasteiger partial charge in [0.25, 0.3) is 0 Å². The number of nitrogens with one attached hydrogen (secondary N) is 2. The van der Waals surface area contributed by atoms with E-state index in [2.05, 4.69) is 15.6 Å². The van der Waals surface area contributed by atoms with Crippen molar-refractivity contribution in [1.29, 1.82) is 0 Å². The number of aromatic nitrogens is 1. The number of anilines is 1. The number of hydrogen-bond acceptors (Lipinski definition) is 2. The highest BCUT2D eigenvalue weighted by Gasteiger charge is 2.37. The Morgan fingerprint density at radius 2 is 1.88 bits per heavy atom. The zero-order valence-electron chi connectivity index (χ0n) is 13.7. The second-order valence-corrected chi connectivity index (χ2v) is 7.09. The first-order valence-corrected chi connectivity index (χ1v) is 8.96. The number of pyridine rings is 1. The summed E-state index contributed by atoms with van der Waals surface area (Å²) in [5.74, 6) is 0. The summed E-state index contributed by atoms with van der Waals surface area (Å²) < 4.78 is 39.0. The normalized spacial score (nSPS) is 16.3. The fourth-order valence-corrected chi connectivity index (χ4v) is 3.81. The van der Waals surface area contributed by atoms with Crippen LogP contribution in [0.1, 0.15) is 36.9 Å². The van der Waals surface area contributed by atoms with Crippen molar-refractivity contribution >= 4 is 34.6 Å². The molecule has 2 aromatic rings. The monoisotopic (exact) mass is 399 g/mol. The maximum absolute atomic E-state index is 13.0. The summed E-state index contributed by atoms with van der Waals surface area (Å²) in [6.07, 6.45) is 0.990. The Morgan fingerprint density at radius 1 is 1.15 bits per heavy atom. The molecule has 1 heterocycles. The number of alkyl halides is 3. The average Bonchev–Trinajstić information content (AvgIpc) is 3.06. The van der Waals surface area contributed by atoms with Gasteiger partial charge in [-0.1, -0.05) is 30.5 Å². The third-order valence-corrected chi connectivity index (χ3v) is 5.03. The minimum Gasteiger partial charge on any atom is -0.351 e. The number of benzene rings is 1. The van der Waals surface area contributed by atoms with Gasteiger partial charge in [-0.3, -0.25) is 4.98 Å². The van der Waals surface area contributed by atoms with Crippen LogP contribution in [0, 0.1) is 0 Å². The van der Waals surface area contributed by atoms with E-state index >= 15 is 0 Å². The van der Waals surface area contributed by atoms with Crippen LogP contribution in [-0.2, 0) is 11.7 Å². The molecular weight excluding hydrogens is 383 g/mol. The molecular formula is C18H17ClF3N3S. The zero-order chi connectivity index (χ0) is 18.8. The van der Waals surface area contributed by atoms with Gasteiger partial charge in [-0.25, -0.2) is 0 Å². The summed E-state index contributed by atoms with van der Waals surface area (Å²) in [5, 5.41) is 6.02. The molecule has 3 nitrogen and oxygen atoms in total. The molecule has 1 fully saturated rings. The Balaban J connectivity index is 1.78. The fraction of sp³-hybridized carbons (Fsp3) is 0.333. The molecule has 1 aromatic carbocycles. The lowest BCUT2D eigenvalue weighted by Crippen LogP contribution is -2.46. The molecule has 1 aliphatic rings. The Bertz CT molecular complexity index is 790. The SMILES string of the molecule is FC(F)(F)c1cc(NC(=S)NC2(c3ccccn3)CCCC2)ccc1Cl. The van der Waals surface area contributed by atoms with Crippen LogP contribution in [-0.4, -0.2) is 10.1 Å². The van der Waals surface area contributed by atoms with E-state index in [9.17, 15) is 13.2 Å². The van der Waals surface area contributed by atoms with Gasteiger partial charge in [-0.15, -0.1) is 0 Å². The summed E-state index contributed by atoms with van der Waals surface area (Å²) in [6, 6.07) is 9.32. The number of halogens is 4. The second-order valence-electron chi connectivity index (χ2n) is 6.28. The summed E-state index contributed by atoms with van der Waals surface area (Å²) >= 11 is 11.0. The van der Waals surface area contributed by atoms with E-state index in [1.165, 1.54) is 12.1 Å². The Hall–Kier alpha value is -1.86. The van der Waals surface area contributed by atoms with E-state index in [0.29, 0.717) is 0 Å². The van der Waals surface area contributed by atoms with Crippen LogP contribution >= 0.6 is 23.8 Å². The third-order valence-electron chi connectivity index (χ3n) is 4.49. The largest absolute Gasteiger partial charge is 0.417 e. The van der Waals surface area contributed by atoms with Gasteiger partial charge >= 0.3 is 6.18 Å². The summed E-state index contributed by atoms with van der Waals surface area (Å²) in [4.78, 5) is 4.43. The van der Waals surface area contributed by atoms with Gasteiger partial charge in [0, 0.05) is 11.9 Å². The van der Waals surface area contributed by atoms with E-state index < -0.39 is 17.3 Å². The maximum Gasteiger partial charge on any atom is 0.417 e. The van der Waals surface area contributed by atoms with E-state index in [4.69, 9.17) is 23.8 Å². The van der Waals surface area contributed by atoms with Crippen molar-refractivity contribution in [3.05, 3.63) is 58.9 Å². The average molecular weight is 400 g/mol. The molecule has 1 aliphatic carbocycles. The molecule has 0 bridgehead atoms. The highest BCUT2D eigenvalue weighted by atomic mass is 35.5. The molecule has 0 radical (unpaired) electrons. The predicted molar refractivity (Wildman–Crippen MR) is 100 cm³/mol. The van der Waals surface area contributed by atoms with Gasteiger partial charge in [0.2, 0.25) is 0 Å². The number of nitrogens with zero attached hydrogens (tertiary/aromatic N) is 1. The van der Waals surface area contributed by atoms with Crippen LogP contribution in [0.25, 0.3) is 0 Å². The Morgan fingerprint density at radius 3 is 2.50 bits per heavy atom. The Kier molecular flexibility index (Phi) is 5.39. The van der Waals surface area contributed by atoms with E-state index in [-0.39, 0.29) is 15.8 Å². The van der Waals surface area contributed by atoms with Crippen LogP contribution in [0.2, 0.25) is 5.02 Å². The Labute approximate surface area is 160 Å². The molecule has 3 rings (SSSR count). The van der Waals surface area contributed by atoms with E-state index in [1.54, 1.807) is 6.20 Å². The second kappa shape index (κ2) is 7.40. The van der Waals surface area contributed by atoms with Crippen molar-refractivity contribution in [1.82, 2.24) is 10.3 Å². The predicted octanol–water partition coefficient (Wildman–Crippen LogP) is 5.51. The third kappa shape index (κ3) is 4.10. The molecule has 8 heteroatoms. The molecule has 1 aromatic heterocycles. The quantitative estimate of drug-likeness (QED) is 0.667. The molecule has 0 atom stereocenters. The lowest BCUT2D eigenvalue weighted by molar-refractivity contribution is -0.137. The molecule has 0 spiro atoms. The molecule has 0 saturated heterocycles. The lowest BCUT2D eigenvalue weighted by atomic mass is 9.93. The van der Waals surface area contributed by atoms with Gasteiger partial charge in [0.05, 0.1) is 21.8 Å². The fourth-order valence-electron chi connectivity index (χ4n) is 3.27. The molecule has 26 heavy (non-hydrogen) atoms. The van der Waals surface area contributed by atoms with E-state index in [0.717, 1.165) is 37.4 Å². The van der Waals surface area contributed by atoms with Gasteiger partial charge in [0.15, 0.2) is 5.11 Å². The van der Waals surface area contributed by atoms with Crippen molar-refractivity contribution in [2.75, 3.05) is 5.32 Å². The first kappa shape index (κ1) is 18.9. The molecule has 1 saturated carbocycles. The van der Waals surface area contributed by atoms with Gasteiger partial charge in [-0.05, 0) is 55.4 Å². The van der Waals surface area contributed by atoms with Crippen LogP contribution < -0.4 is 10.6 Å². The van der Waals surface area contributed by atoms with Crippen LogP contribution in [0.15, 0.2) is 42.6 Å². The van der Waals surface area contributed by atoms with Crippen LogP contribution in [0.5, 0.6) is 0 Å². The molecule has 2 N–H and O–H groups in total. The minimum atomic E-state index is -4.52. The summed E-state index contributed by atoms with van der Waals surface area (Å²) in [7, 11) is 0. The highest BCUT2D eigenvalue weighted by Crippen LogP contribution is 2.38. The first-order chi connectivity index (χ1) is 12.3. The number of hydrogen-bond donors (Lipinski definition) is 2. The standard InChI is InChI=1S/C18H17ClF3N3S/c19-14-7-6-12(11-13(14)18(20,21)22)24-16(26)25-17(8-2-3-9-17)15-5-1-4-10-23-15/h1,4-7,10-11H,2-3,8-9H2,(H2,24,25,26). The summed E-state index contributed by atoms with van der Waals surface area (Å²) in [5.41, 5.74) is -0.181. The number of thiocarbonyl (C=S) groups is 1. The van der Waals surface area contributed by atoms with Crippen molar-refractivity contribution in [2.45, 2.75) is 37.4 Å². The maximum atomic E-state index is 13.0. The smallest absolute Gasteiger partial charge is 0.351 e. The van der Waals surface area contributed by atoms with Crippen molar-refractivity contribution < 1.29 is 13.2 Å². The van der Waals surface area contributed by atoms with Crippen molar-refractivity contribution in [2.24, 2.45) is 0 Å². The van der Waals surface area contributed by atoms with Crippen molar-refractivity contribution in [3.63, 3.8) is 0 Å². The molecule has 0 aliphatic heterocycles. The topological polar surface area (TPSA) is 37.0 Å². The molecule has 0 amide bonds. The number of rotatable bonds is 3. The van der Waals surface area contributed by atoms with Crippen LogP contribution in [0.3, 0.4) is 0 Å². The lowest BCUT2D eigenvalue weighted by Gasteiger charge is -2.31. The van der Waals surface area contributed by atoms with E-state index in [1.807, 2.05) is 18.2 Å². The minimum absolute atomic E-state index is 0.230. The van der Waals surface area contributed by atoms with Crippen LogP contribution in [0.4, 0.5) is 18.9 Å². The highest BCUT2D eigenvalue weighted by molar-refractivity contribution is 7.80. The van der Waals surface area contributed by atoms with Gasteiger partial charge in [0.1, 0.15) is 0 Å². The van der Waals surface area contributed by atoms with Gasteiger partial charge < -0.3 is 10.6 Å².